The Kier molecular flexibility index (Phi) is 5.16. The number of hydrogen-bond acceptors (Lipinski definition) is 4. The fourth-order valence-electron chi connectivity index (χ4n) is 2.54. The number of methoxy groups -OCH3 is 1. The lowest BCUT2D eigenvalue weighted by Gasteiger charge is -2.31. The van der Waals surface area contributed by atoms with Crippen LogP contribution >= 0.6 is 11.8 Å². The number of thioether (sulfide) groups is 1. The summed E-state index contributed by atoms with van der Waals surface area (Å²) in [5.74, 6) is 0.212. The molecule has 22 heavy (non-hydrogen) atoms. The van der Waals surface area contributed by atoms with Crippen LogP contribution in [0.2, 0.25) is 0 Å². The van der Waals surface area contributed by atoms with Crippen molar-refractivity contribution in [1.29, 1.82) is 0 Å². The molecule has 0 aliphatic carbocycles. The summed E-state index contributed by atoms with van der Waals surface area (Å²) in [6, 6.07) is 5.50. The maximum absolute atomic E-state index is 12.5. The summed E-state index contributed by atoms with van der Waals surface area (Å²) in [7, 11) is 1.38. The summed E-state index contributed by atoms with van der Waals surface area (Å²) in [5, 5.41) is 0. The Morgan fingerprint density at radius 2 is 2.05 bits per heavy atom. The van der Waals surface area contributed by atoms with E-state index in [0.717, 1.165) is 24.1 Å². The molecule has 0 unspecified atom stereocenters. The van der Waals surface area contributed by atoms with Crippen molar-refractivity contribution in [2.24, 2.45) is 0 Å². The predicted molar refractivity (Wildman–Crippen MR) is 90.7 cm³/mol. The van der Waals surface area contributed by atoms with E-state index < -0.39 is 0 Å². The predicted octanol–water partition coefficient (Wildman–Crippen LogP) is 3.28. The highest BCUT2D eigenvalue weighted by molar-refractivity contribution is 8.01. The molecule has 1 aromatic rings. The zero-order chi connectivity index (χ0) is 16.3. The van der Waals surface area contributed by atoms with Gasteiger partial charge in [0.25, 0.3) is 0 Å². The minimum atomic E-state index is -0.338. The normalized spacial score (nSPS) is 14.5. The van der Waals surface area contributed by atoms with Gasteiger partial charge in [0.15, 0.2) is 0 Å². The molecule has 0 aromatic heterocycles. The second kappa shape index (κ2) is 6.73. The Hall–Kier alpha value is -1.49. The van der Waals surface area contributed by atoms with Gasteiger partial charge in [0.1, 0.15) is 0 Å². The molecule has 1 aliphatic rings. The van der Waals surface area contributed by atoms with Crippen LogP contribution in [0.3, 0.4) is 0 Å². The molecule has 2 rings (SSSR count). The van der Waals surface area contributed by atoms with E-state index in [2.05, 4.69) is 20.8 Å². The van der Waals surface area contributed by atoms with Gasteiger partial charge in [0, 0.05) is 17.0 Å². The number of fused-ring (bicyclic) bond motifs is 1. The van der Waals surface area contributed by atoms with Crippen LogP contribution in [0.15, 0.2) is 18.2 Å². The number of ether oxygens (including phenoxy) is 1. The highest BCUT2D eigenvalue weighted by atomic mass is 32.2. The molecule has 0 fully saturated rings. The molecule has 0 bridgehead atoms. The summed E-state index contributed by atoms with van der Waals surface area (Å²) in [5.41, 5.74) is 2.35. The largest absolute Gasteiger partial charge is 0.465 e. The maximum atomic E-state index is 12.5. The molecule has 1 heterocycles. The number of amides is 1. The third-order valence-corrected chi connectivity index (χ3v) is 4.84. The molecule has 120 valence electrons. The average Bonchev–Trinajstić information content (AvgIpc) is 2.50. The fraction of sp³-hybridized carbons (Fsp3) is 0.529. The van der Waals surface area contributed by atoms with E-state index in [0.29, 0.717) is 17.9 Å². The van der Waals surface area contributed by atoms with E-state index >= 15 is 0 Å². The number of hydrogen-bond donors (Lipinski definition) is 0. The van der Waals surface area contributed by atoms with Gasteiger partial charge in [-0.25, -0.2) is 4.79 Å². The molecule has 0 radical (unpaired) electrons. The second-order valence-electron chi connectivity index (χ2n) is 6.34. The molecule has 0 atom stereocenters. The van der Waals surface area contributed by atoms with Gasteiger partial charge in [0.2, 0.25) is 5.91 Å². The molecule has 0 spiro atoms. The first-order chi connectivity index (χ1) is 10.3. The van der Waals surface area contributed by atoms with Gasteiger partial charge in [0.05, 0.1) is 18.4 Å². The van der Waals surface area contributed by atoms with E-state index in [-0.39, 0.29) is 16.6 Å². The Bertz CT molecular complexity index is 578. The Balaban J connectivity index is 2.25. The summed E-state index contributed by atoms with van der Waals surface area (Å²) >= 11 is 1.64. The Morgan fingerprint density at radius 3 is 2.68 bits per heavy atom. The van der Waals surface area contributed by atoms with Crippen LogP contribution in [0.4, 0.5) is 5.69 Å². The molecule has 0 N–H and O–H groups in total. The first kappa shape index (κ1) is 16.9. The number of nitrogens with zero attached hydrogens (tertiary/aromatic N) is 1. The molecule has 1 amide bonds. The van der Waals surface area contributed by atoms with Crippen molar-refractivity contribution >= 4 is 29.3 Å². The van der Waals surface area contributed by atoms with Crippen molar-refractivity contribution < 1.29 is 14.3 Å². The van der Waals surface area contributed by atoms with Gasteiger partial charge >= 0.3 is 5.97 Å². The lowest BCUT2D eigenvalue weighted by atomic mass is 9.96. The molecule has 0 saturated heterocycles. The third-order valence-electron chi connectivity index (χ3n) is 3.59. The zero-order valence-corrected chi connectivity index (χ0v) is 14.5. The minimum Gasteiger partial charge on any atom is -0.465 e. The molecule has 5 heteroatoms. The van der Waals surface area contributed by atoms with Crippen molar-refractivity contribution in [2.75, 3.05) is 24.3 Å². The lowest BCUT2D eigenvalue weighted by molar-refractivity contribution is -0.116. The minimum absolute atomic E-state index is 0.0577. The molecule has 4 nitrogen and oxygen atoms in total. The molecule has 1 aliphatic heterocycles. The smallest absolute Gasteiger partial charge is 0.338 e. The summed E-state index contributed by atoms with van der Waals surface area (Å²) in [6.07, 6.45) is 1.67. The van der Waals surface area contributed by atoms with Crippen LogP contribution in [0, 0.1) is 0 Å². The Labute approximate surface area is 136 Å². The lowest BCUT2D eigenvalue weighted by Crippen LogP contribution is -2.38. The standard InChI is InChI=1S/C17H23NO3S/c1-17(2,3)22-11-15(19)18-10-6-8-12-13(16(20)21-4)7-5-9-14(12)18/h5,7,9H,6,8,10-11H2,1-4H3. The van der Waals surface area contributed by atoms with Gasteiger partial charge in [-0.3, -0.25) is 4.79 Å². The first-order valence-electron chi connectivity index (χ1n) is 7.48. The average molecular weight is 321 g/mol. The van der Waals surface area contributed by atoms with E-state index in [9.17, 15) is 9.59 Å². The molecular weight excluding hydrogens is 298 g/mol. The van der Waals surface area contributed by atoms with E-state index in [4.69, 9.17) is 4.74 Å². The summed E-state index contributed by atoms with van der Waals surface area (Å²) < 4.78 is 4.90. The van der Waals surface area contributed by atoms with Crippen LogP contribution in [0.5, 0.6) is 0 Å². The van der Waals surface area contributed by atoms with E-state index in [1.807, 2.05) is 17.0 Å². The summed E-state index contributed by atoms with van der Waals surface area (Å²) in [6.45, 7) is 7.01. The van der Waals surface area contributed by atoms with E-state index in [1.165, 1.54) is 7.11 Å². The quantitative estimate of drug-likeness (QED) is 0.802. The first-order valence-corrected chi connectivity index (χ1v) is 8.46. The van der Waals surface area contributed by atoms with Gasteiger partial charge in [-0.1, -0.05) is 26.8 Å². The number of carbonyl (C=O) groups is 2. The zero-order valence-electron chi connectivity index (χ0n) is 13.6. The summed E-state index contributed by atoms with van der Waals surface area (Å²) in [4.78, 5) is 26.2. The fourth-order valence-corrected chi connectivity index (χ4v) is 3.25. The molecule has 0 saturated carbocycles. The Morgan fingerprint density at radius 1 is 1.32 bits per heavy atom. The highest BCUT2D eigenvalue weighted by Gasteiger charge is 2.27. The van der Waals surface area contributed by atoms with Gasteiger partial charge in [-0.05, 0) is 30.5 Å². The molecular formula is C17H23NO3S. The maximum Gasteiger partial charge on any atom is 0.338 e. The second-order valence-corrected chi connectivity index (χ2v) is 8.15. The number of anilines is 1. The van der Waals surface area contributed by atoms with Crippen LogP contribution < -0.4 is 4.90 Å². The SMILES string of the molecule is COC(=O)c1cccc2c1CCCN2C(=O)CSC(C)(C)C. The number of esters is 1. The van der Waals surface area contributed by atoms with Crippen LogP contribution in [-0.4, -0.2) is 36.0 Å². The van der Waals surface area contributed by atoms with Crippen LogP contribution in [0.1, 0.15) is 43.1 Å². The van der Waals surface area contributed by atoms with Crippen LogP contribution in [0.25, 0.3) is 0 Å². The highest BCUT2D eigenvalue weighted by Crippen LogP contribution is 2.32. The topological polar surface area (TPSA) is 46.6 Å². The number of carbonyl (C=O) groups excluding carboxylic acids is 2. The van der Waals surface area contributed by atoms with Crippen molar-refractivity contribution in [2.45, 2.75) is 38.4 Å². The third kappa shape index (κ3) is 3.83. The van der Waals surface area contributed by atoms with Gasteiger partial charge in [-0.2, -0.15) is 0 Å². The molecule has 1 aromatic carbocycles. The monoisotopic (exact) mass is 321 g/mol. The van der Waals surface area contributed by atoms with Crippen molar-refractivity contribution in [1.82, 2.24) is 0 Å². The van der Waals surface area contributed by atoms with Gasteiger partial charge < -0.3 is 9.64 Å². The van der Waals surface area contributed by atoms with Gasteiger partial charge in [-0.15, -0.1) is 11.8 Å². The van der Waals surface area contributed by atoms with E-state index in [1.54, 1.807) is 17.8 Å². The number of rotatable bonds is 3. The van der Waals surface area contributed by atoms with Crippen molar-refractivity contribution in [3.05, 3.63) is 29.3 Å². The van der Waals surface area contributed by atoms with Crippen molar-refractivity contribution in [3.63, 3.8) is 0 Å². The van der Waals surface area contributed by atoms with Crippen molar-refractivity contribution in [3.8, 4) is 0 Å². The number of benzene rings is 1. The van der Waals surface area contributed by atoms with Crippen LogP contribution in [-0.2, 0) is 16.0 Å².